The number of piperazine rings is 1. The van der Waals surface area contributed by atoms with Gasteiger partial charge in [0.2, 0.25) is 0 Å². The monoisotopic (exact) mass is 352 g/mol. The molecule has 120 valence electrons. The molecule has 1 saturated heterocycles. The molecule has 0 spiro atoms. The van der Waals surface area contributed by atoms with Crippen molar-refractivity contribution in [3.63, 3.8) is 0 Å². The summed E-state index contributed by atoms with van der Waals surface area (Å²) in [5, 5.41) is 0. The third-order valence-electron chi connectivity index (χ3n) is 3.69. The fraction of sp³-hybridized carbons (Fsp3) is 0.692. The van der Waals surface area contributed by atoms with E-state index in [9.17, 15) is 0 Å². The third kappa shape index (κ3) is 4.06. The number of hydrogen-bond donors (Lipinski definition) is 0. The second-order valence-corrected chi connectivity index (χ2v) is 6.16. The highest BCUT2D eigenvalue weighted by Gasteiger charge is 2.24. The summed E-state index contributed by atoms with van der Waals surface area (Å²) < 4.78 is 5.26. The van der Waals surface area contributed by atoms with Crippen LogP contribution in [0.4, 0.5) is 5.82 Å². The Labute approximate surface area is 142 Å². The van der Waals surface area contributed by atoms with E-state index in [2.05, 4.69) is 26.8 Å². The van der Waals surface area contributed by atoms with Crippen LogP contribution >= 0.6 is 36.6 Å². The molecule has 21 heavy (non-hydrogen) atoms. The summed E-state index contributed by atoms with van der Waals surface area (Å²) in [6.07, 6.45) is 2.24. The van der Waals surface area contributed by atoms with E-state index in [4.69, 9.17) is 4.74 Å². The average molecular weight is 353 g/mol. The molecule has 0 amide bonds. The van der Waals surface area contributed by atoms with E-state index in [0.717, 1.165) is 44.1 Å². The molecule has 3 heterocycles. The summed E-state index contributed by atoms with van der Waals surface area (Å²) in [5.74, 6) is 2.25. The molecule has 8 heteroatoms. The first-order valence-corrected chi connectivity index (χ1v) is 7.77. The maximum absolute atomic E-state index is 5.26. The van der Waals surface area contributed by atoms with E-state index in [1.54, 1.807) is 7.11 Å². The molecule has 0 saturated carbocycles. The quantitative estimate of drug-likeness (QED) is 0.811. The Bertz CT molecular complexity index is 470. The van der Waals surface area contributed by atoms with Crippen molar-refractivity contribution in [2.24, 2.45) is 0 Å². The van der Waals surface area contributed by atoms with Gasteiger partial charge in [-0.25, -0.2) is 0 Å². The van der Waals surface area contributed by atoms with Crippen LogP contribution in [0.1, 0.15) is 12.1 Å². The number of rotatable bonds is 2. The van der Waals surface area contributed by atoms with Gasteiger partial charge in [-0.3, -0.25) is 0 Å². The molecule has 5 nitrogen and oxygen atoms in total. The summed E-state index contributed by atoms with van der Waals surface area (Å²) >= 11 is 1.89. The lowest BCUT2D eigenvalue weighted by atomic mass is 10.2. The number of aromatic nitrogens is 2. The lowest BCUT2D eigenvalue weighted by Crippen LogP contribution is -2.45. The molecule has 2 aliphatic heterocycles. The summed E-state index contributed by atoms with van der Waals surface area (Å²) in [5.41, 5.74) is 1.16. The smallest absolute Gasteiger partial charge is 0.318 e. The van der Waals surface area contributed by atoms with Gasteiger partial charge in [0, 0.05) is 26.2 Å². The molecular weight excluding hydrogens is 331 g/mol. The molecule has 1 aromatic heterocycles. The molecule has 0 N–H and O–H groups in total. The Morgan fingerprint density at radius 3 is 2.48 bits per heavy atom. The van der Waals surface area contributed by atoms with Gasteiger partial charge in [-0.05, 0) is 25.6 Å². The van der Waals surface area contributed by atoms with E-state index in [1.807, 2.05) is 11.8 Å². The predicted molar refractivity (Wildman–Crippen MR) is 91.8 cm³/mol. The summed E-state index contributed by atoms with van der Waals surface area (Å²) in [6.45, 7) is 4.24. The third-order valence-corrected chi connectivity index (χ3v) is 4.89. The minimum absolute atomic E-state index is 0. The van der Waals surface area contributed by atoms with E-state index >= 15 is 0 Å². The largest absolute Gasteiger partial charge is 0.467 e. The van der Waals surface area contributed by atoms with Gasteiger partial charge in [0.25, 0.3) is 0 Å². The molecule has 0 atom stereocenters. The Hall–Kier alpha value is -0.430. The van der Waals surface area contributed by atoms with Gasteiger partial charge in [-0.15, -0.1) is 36.6 Å². The number of aryl methyl sites for hydroxylation is 1. The standard InChI is InChI=1S/C13H20N4OS.2ClH/c1-16-5-7-17(8-6-16)12-11-10(4-3-9-19-11)14-13(15-12)18-2;;/h3-9H2,1-2H3;2*1H. The van der Waals surface area contributed by atoms with E-state index < -0.39 is 0 Å². The van der Waals surface area contributed by atoms with Gasteiger partial charge in [0.1, 0.15) is 5.82 Å². The zero-order valence-corrected chi connectivity index (χ0v) is 14.8. The van der Waals surface area contributed by atoms with Gasteiger partial charge in [0.15, 0.2) is 0 Å². The number of thioether (sulfide) groups is 1. The molecule has 0 aliphatic carbocycles. The van der Waals surface area contributed by atoms with Crippen LogP contribution < -0.4 is 9.64 Å². The average Bonchev–Trinajstić information content (AvgIpc) is 2.47. The zero-order chi connectivity index (χ0) is 13.2. The number of methoxy groups -OCH3 is 1. The highest BCUT2D eigenvalue weighted by Crippen LogP contribution is 2.37. The first-order chi connectivity index (χ1) is 9.28. The first-order valence-electron chi connectivity index (χ1n) is 6.79. The van der Waals surface area contributed by atoms with Crippen molar-refractivity contribution >= 4 is 42.4 Å². The van der Waals surface area contributed by atoms with Gasteiger partial charge in [-0.1, -0.05) is 0 Å². The Balaban J connectivity index is 0.00000110. The molecule has 0 bridgehead atoms. The lowest BCUT2D eigenvalue weighted by molar-refractivity contribution is 0.310. The van der Waals surface area contributed by atoms with E-state index in [-0.39, 0.29) is 24.8 Å². The van der Waals surface area contributed by atoms with Gasteiger partial charge >= 0.3 is 6.01 Å². The summed E-state index contributed by atoms with van der Waals surface area (Å²) in [7, 11) is 3.81. The number of fused-ring (bicyclic) bond motifs is 1. The van der Waals surface area contributed by atoms with Crippen molar-refractivity contribution < 1.29 is 4.74 Å². The number of ether oxygens (including phenoxy) is 1. The molecule has 0 aromatic carbocycles. The van der Waals surface area contributed by atoms with Crippen molar-refractivity contribution in [3.05, 3.63) is 5.69 Å². The first kappa shape index (κ1) is 18.6. The Kier molecular flexibility index (Phi) is 7.33. The molecule has 3 rings (SSSR count). The zero-order valence-electron chi connectivity index (χ0n) is 12.4. The van der Waals surface area contributed by atoms with Crippen LogP contribution in [-0.4, -0.2) is 61.0 Å². The number of likely N-dealkylation sites (N-methyl/N-ethyl adjacent to an activating group) is 1. The van der Waals surface area contributed by atoms with Gasteiger partial charge in [-0.2, -0.15) is 9.97 Å². The maximum Gasteiger partial charge on any atom is 0.318 e. The number of hydrogen-bond acceptors (Lipinski definition) is 6. The highest BCUT2D eigenvalue weighted by atomic mass is 35.5. The molecule has 1 fully saturated rings. The van der Waals surface area contributed by atoms with Gasteiger partial charge < -0.3 is 14.5 Å². The maximum atomic E-state index is 5.26. The van der Waals surface area contributed by atoms with Crippen LogP contribution in [-0.2, 0) is 6.42 Å². The van der Waals surface area contributed by atoms with Crippen molar-refractivity contribution in [3.8, 4) is 6.01 Å². The van der Waals surface area contributed by atoms with Crippen molar-refractivity contribution in [1.29, 1.82) is 0 Å². The van der Waals surface area contributed by atoms with Crippen LogP contribution in [0.25, 0.3) is 0 Å². The molecule has 1 aromatic rings. The fourth-order valence-electron chi connectivity index (χ4n) is 2.52. The Morgan fingerprint density at radius 2 is 1.81 bits per heavy atom. The molecule has 0 radical (unpaired) electrons. The molecular formula is C13H22Cl2N4OS. The highest BCUT2D eigenvalue weighted by molar-refractivity contribution is 7.99. The lowest BCUT2D eigenvalue weighted by Gasteiger charge is -2.35. The topological polar surface area (TPSA) is 41.5 Å². The van der Waals surface area contributed by atoms with Crippen LogP contribution in [0.15, 0.2) is 4.90 Å². The number of nitrogens with zero attached hydrogens (tertiary/aromatic N) is 4. The van der Waals surface area contributed by atoms with Gasteiger partial charge in [0.05, 0.1) is 17.7 Å². The predicted octanol–water partition coefficient (Wildman–Crippen LogP) is 2.12. The van der Waals surface area contributed by atoms with Crippen molar-refractivity contribution in [2.75, 3.05) is 51.0 Å². The molecule has 0 unspecified atom stereocenters. The van der Waals surface area contributed by atoms with E-state index in [1.165, 1.54) is 17.1 Å². The summed E-state index contributed by atoms with van der Waals surface area (Å²) in [6, 6.07) is 0.509. The fourth-order valence-corrected chi connectivity index (χ4v) is 3.63. The van der Waals surface area contributed by atoms with Crippen LogP contribution in [0, 0.1) is 0 Å². The second-order valence-electron chi connectivity index (χ2n) is 5.05. The summed E-state index contributed by atoms with van der Waals surface area (Å²) in [4.78, 5) is 15.1. The van der Waals surface area contributed by atoms with Crippen LogP contribution in [0.3, 0.4) is 0 Å². The minimum Gasteiger partial charge on any atom is -0.467 e. The second kappa shape index (κ2) is 8.27. The number of halogens is 2. The number of anilines is 1. The molecule has 2 aliphatic rings. The van der Waals surface area contributed by atoms with Crippen LogP contribution in [0.5, 0.6) is 6.01 Å². The minimum atomic E-state index is 0. The SMILES string of the molecule is COc1nc2c(c(N3CCN(C)CC3)n1)SCCC2.Cl.Cl. The Morgan fingerprint density at radius 1 is 1.10 bits per heavy atom. The normalized spacial score (nSPS) is 18.3. The van der Waals surface area contributed by atoms with Crippen molar-refractivity contribution in [1.82, 2.24) is 14.9 Å². The van der Waals surface area contributed by atoms with E-state index in [0.29, 0.717) is 6.01 Å². The van der Waals surface area contributed by atoms with Crippen LogP contribution in [0.2, 0.25) is 0 Å². The van der Waals surface area contributed by atoms with Crippen molar-refractivity contribution in [2.45, 2.75) is 17.7 Å².